The third kappa shape index (κ3) is 4.58. The maximum Gasteiger partial charge on any atom is 0.287 e. The van der Waals surface area contributed by atoms with E-state index in [9.17, 15) is 13.2 Å². The molecule has 2 rings (SSSR count). The lowest BCUT2D eigenvalue weighted by Gasteiger charge is -2.22. The van der Waals surface area contributed by atoms with Crippen LogP contribution < -0.4 is 5.32 Å². The van der Waals surface area contributed by atoms with Gasteiger partial charge in [0.1, 0.15) is 9.84 Å². The van der Waals surface area contributed by atoms with Crippen LogP contribution in [0.5, 0.6) is 0 Å². The summed E-state index contributed by atoms with van der Waals surface area (Å²) in [4.78, 5) is 14.2. The summed E-state index contributed by atoms with van der Waals surface area (Å²) in [5, 5.41) is 3.02. The largest absolute Gasteiger partial charge is 0.459 e. The number of likely N-dealkylation sites (tertiary alicyclic amines) is 1. The molecule has 7 heteroatoms. The minimum Gasteiger partial charge on any atom is -0.459 e. The molecule has 1 aliphatic rings. The minimum absolute atomic E-state index is 0.0113. The minimum atomic E-state index is -2.97. The topological polar surface area (TPSA) is 79.6 Å². The van der Waals surface area contributed by atoms with Crippen molar-refractivity contribution in [2.45, 2.75) is 19.9 Å². The monoisotopic (exact) mass is 328 g/mol. The summed E-state index contributed by atoms with van der Waals surface area (Å²) in [7, 11) is -2.97. The zero-order valence-corrected chi connectivity index (χ0v) is 14.1. The Hall–Kier alpha value is -1.34. The van der Waals surface area contributed by atoms with Crippen LogP contribution in [-0.2, 0) is 9.84 Å². The SMILES string of the molecule is CC(C)C1CN(CCS(C)(=O)=O)CC1NC(=O)c1ccco1. The fourth-order valence-corrected chi connectivity index (χ4v) is 3.46. The summed E-state index contributed by atoms with van der Waals surface area (Å²) < 4.78 is 27.7. The second-order valence-corrected chi connectivity index (χ2v) is 8.61. The summed E-state index contributed by atoms with van der Waals surface area (Å²) >= 11 is 0. The van der Waals surface area contributed by atoms with Gasteiger partial charge >= 0.3 is 0 Å². The molecule has 6 nitrogen and oxygen atoms in total. The van der Waals surface area contributed by atoms with Crippen molar-refractivity contribution in [3.63, 3.8) is 0 Å². The lowest BCUT2D eigenvalue weighted by molar-refractivity contribution is 0.0897. The van der Waals surface area contributed by atoms with Gasteiger partial charge in [-0.05, 0) is 24.0 Å². The van der Waals surface area contributed by atoms with E-state index in [1.807, 2.05) is 0 Å². The molecule has 0 aliphatic carbocycles. The predicted octanol–water partition coefficient (Wildman–Crippen LogP) is 1.01. The van der Waals surface area contributed by atoms with Crippen LogP contribution in [0.2, 0.25) is 0 Å². The molecule has 1 saturated heterocycles. The Bertz CT molecular complexity index is 595. The highest BCUT2D eigenvalue weighted by atomic mass is 32.2. The molecule has 1 aromatic heterocycles. The number of carbonyl (C=O) groups excluding carboxylic acids is 1. The van der Waals surface area contributed by atoms with E-state index in [1.54, 1.807) is 12.1 Å². The van der Waals surface area contributed by atoms with E-state index < -0.39 is 9.84 Å². The van der Waals surface area contributed by atoms with Gasteiger partial charge in [-0.3, -0.25) is 9.69 Å². The Morgan fingerprint density at radius 1 is 1.45 bits per heavy atom. The summed E-state index contributed by atoms with van der Waals surface area (Å²) in [6.07, 6.45) is 2.72. The fraction of sp³-hybridized carbons (Fsp3) is 0.667. The van der Waals surface area contributed by atoms with Crippen molar-refractivity contribution >= 4 is 15.7 Å². The number of rotatable bonds is 6. The number of hydrogen-bond donors (Lipinski definition) is 1. The first-order chi connectivity index (χ1) is 10.3. The van der Waals surface area contributed by atoms with Crippen LogP contribution in [0.25, 0.3) is 0 Å². The number of hydrogen-bond acceptors (Lipinski definition) is 5. The van der Waals surface area contributed by atoms with Crippen molar-refractivity contribution in [2.24, 2.45) is 11.8 Å². The third-order valence-electron chi connectivity index (χ3n) is 4.14. The highest BCUT2D eigenvalue weighted by Gasteiger charge is 2.36. The van der Waals surface area contributed by atoms with Gasteiger partial charge in [-0.25, -0.2) is 8.42 Å². The normalized spacial score (nSPS) is 23.1. The molecule has 2 atom stereocenters. The van der Waals surface area contributed by atoms with Crippen LogP contribution in [0.1, 0.15) is 24.4 Å². The van der Waals surface area contributed by atoms with Crippen molar-refractivity contribution in [3.05, 3.63) is 24.2 Å². The van der Waals surface area contributed by atoms with Crippen molar-refractivity contribution in [3.8, 4) is 0 Å². The standard InChI is InChI=1S/C15H24N2O4S/c1-11(2)12-9-17(6-8-22(3,19)20)10-13(12)16-15(18)14-5-4-7-21-14/h4-5,7,11-13H,6,8-10H2,1-3H3,(H,16,18). The van der Waals surface area contributed by atoms with E-state index in [4.69, 9.17) is 4.42 Å². The van der Waals surface area contributed by atoms with Gasteiger partial charge in [0.2, 0.25) is 0 Å². The van der Waals surface area contributed by atoms with E-state index in [0.717, 1.165) is 6.54 Å². The Labute approximate surface area is 131 Å². The zero-order valence-electron chi connectivity index (χ0n) is 13.3. The van der Waals surface area contributed by atoms with Crippen LogP contribution in [0.3, 0.4) is 0 Å². The van der Waals surface area contributed by atoms with Gasteiger partial charge in [-0.1, -0.05) is 13.8 Å². The average molecular weight is 328 g/mol. The number of furan rings is 1. The molecule has 0 radical (unpaired) electrons. The van der Waals surface area contributed by atoms with Crippen molar-refractivity contribution in [1.29, 1.82) is 0 Å². The van der Waals surface area contributed by atoms with Crippen LogP contribution >= 0.6 is 0 Å². The maximum atomic E-state index is 12.1. The van der Waals surface area contributed by atoms with Gasteiger partial charge in [0.05, 0.1) is 12.0 Å². The van der Waals surface area contributed by atoms with E-state index in [2.05, 4.69) is 24.1 Å². The van der Waals surface area contributed by atoms with E-state index in [1.165, 1.54) is 12.5 Å². The highest BCUT2D eigenvalue weighted by Crippen LogP contribution is 2.24. The second-order valence-electron chi connectivity index (χ2n) is 6.35. The Morgan fingerprint density at radius 3 is 2.73 bits per heavy atom. The van der Waals surface area contributed by atoms with Crippen LogP contribution in [0.15, 0.2) is 22.8 Å². The van der Waals surface area contributed by atoms with Crippen LogP contribution in [0, 0.1) is 11.8 Å². The van der Waals surface area contributed by atoms with Crippen molar-refractivity contribution in [2.75, 3.05) is 31.6 Å². The average Bonchev–Trinajstić information content (AvgIpc) is 3.04. The lowest BCUT2D eigenvalue weighted by atomic mass is 9.91. The Balaban J connectivity index is 1.98. The molecule has 0 bridgehead atoms. The number of carbonyl (C=O) groups is 1. The van der Waals surface area contributed by atoms with Crippen LogP contribution in [0.4, 0.5) is 0 Å². The Kier molecular flexibility index (Phi) is 5.28. The van der Waals surface area contributed by atoms with Gasteiger partial charge in [0, 0.05) is 31.9 Å². The van der Waals surface area contributed by atoms with Gasteiger partial charge in [0.25, 0.3) is 5.91 Å². The first kappa shape index (κ1) is 17.0. The highest BCUT2D eigenvalue weighted by molar-refractivity contribution is 7.90. The van der Waals surface area contributed by atoms with Gasteiger partial charge < -0.3 is 9.73 Å². The first-order valence-corrected chi connectivity index (χ1v) is 9.57. The molecule has 0 aromatic carbocycles. The maximum absolute atomic E-state index is 12.1. The van der Waals surface area contributed by atoms with E-state index in [0.29, 0.717) is 30.7 Å². The lowest BCUT2D eigenvalue weighted by Crippen LogP contribution is -2.42. The number of amides is 1. The van der Waals surface area contributed by atoms with Crippen molar-refractivity contribution < 1.29 is 17.6 Å². The molecule has 1 N–H and O–H groups in total. The molecule has 1 fully saturated rings. The Morgan fingerprint density at radius 2 is 2.18 bits per heavy atom. The number of sulfone groups is 1. The molecule has 1 aromatic rings. The van der Waals surface area contributed by atoms with Gasteiger partial charge in [0.15, 0.2) is 5.76 Å². The second kappa shape index (κ2) is 6.83. The van der Waals surface area contributed by atoms with Crippen LogP contribution in [-0.4, -0.2) is 56.9 Å². The first-order valence-electron chi connectivity index (χ1n) is 7.50. The van der Waals surface area contributed by atoms with Gasteiger partial charge in [-0.15, -0.1) is 0 Å². The van der Waals surface area contributed by atoms with E-state index >= 15 is 0 Å². The number of nitrogens with zero attached hydrogens (tertiary/aromatic N) is 1. The molecule has 22 heavy (non-hydrogen) atoms. The van der Waals surface area contributed by atoms with Crippen molar-refractivity contribution in [1.82, 2.24) is 10.2 Å². The van der Waals surface area contributed by atoms with E-state index in [-0.39, 0.29) is 17.7 Å². The molecule has 1 aliphatic heterocycles. The summed E-state index contributed by atoms with van der Waals surface area (Å²) in [5.74, 6) is 0.947. The molecule has 2 heterocycles. The molecular weight excluding hydrogens is 304 g/mol. The molecule has 2 unspecified atom stereocenters. The fourth-order valence-electron chi connectivity index (χ4n) is 2.87. The third-order valence-corrected chi connectivity index (χ3v) is 5.06. The predicted molar refractivity (Wildman–Crippen MR) is 84.4 cm³/mol. The zero-order chi connectivity index (χ0) is 16.3. The number of nitrogens with one attached hydrogen (secondary N) is 1. The molecular formula is C15H24N2O4S. The molecule has 0 saturated carbocycles. The molecule has 124 valence electrons. The van der Waals surface area contributed by atoms with Gasteiger partial charge in [-0.2, -0.15) is 0 Å². The summed E-state index contributed by atoms with van der Waals surface area (Å²) in [6.45, 7) is 6.23. The summed E-state index contributed by atoms with van der Waals surface area (Å²) in [5.41, 5.74) is 0. The molecule has 0 spiro atoms. The summed E-state index contributed by atoms with van der Waals surface area (Å²) in [6, 6.07) is 3.33. The molecule has 1 amide bonds. The smallest absolute Gasteiger partial charge is 0.287 e. The quantitative estimate of drug-likeness (QED) is 0.843.